The van der Waals surface area contributed by atoms with Crippen LogP contribution in [0.4, 0.5) is 5.69 Å². The fourth-order valence-electron chi connectivity index (χ4n) is 1.43. The molecule has 0 saturated carbocycles. The molecule has 1 aromatic rings. The predicted octanol–water partition coefficient (Wildman–Crippen LogP) is 2.80. The van der Waals surface area contributed by atoms with Crippen LogP contribution in [0.15, 0.2) is 27.8 Å². The molecule has 5 nitrogen and oxygen atoms in total. The van der Waals surface area contributed by atoms with Crippen molar-refractivity contribution in [2.45, 2.75) is 12.5 Å². The molecule has 78 valence electrons. The number of hydrogen-bond donors (Lipinski definition) is 0. The SMILES string of the molecule is O=[N+]([O-])c1cc(Br)ccc1C1CC=NO1. The first kappa shape index (κ1) is 10.1. The number of nitro benzene ring substituents is 1. The summed E-state index contributed by atoms with van der Waals surface area (Å²) in [5.74, 6) is 0. The van der Waals surface area contributed by atoms with E-state index in [0.29, 0.717) is 16.5 Å². The van der Waals surface area contributed by atoms with Gasteiger partial charge < -0.3 is 4.84 Å². The van der Waals surface area contributed by atoms with Crippen LogP contribution in [-0.2, 0) is 4.84 Å². The average Bonchev–Trinajstić information content (AvgIpc) is 2.70. The number of benzene rings is 1. The molecule has 0 N–H and O–H groups in total. The molecule has 1 unspecified atom stereocenters. The van der Waals surface area contributed by atoms with Gasteiger partial charge in [0, 0.05) is 23.2 Å². The number of nitrogens with zero attached hydrogens (tertiary/aromatic N) is 2. The maximum absolute atomic E-state index is 10.8. The summed E-state index contributed by atoms with van der Waals surface area (Å²) >= 11 is 3.20. The Morgan fingerprint density at radius 2 is 2.40 bits per heavy atom. The van der Waals surface area contributed by atoms with Gasteiger partial charge in [0.15, 0.2) is 6.10 Å². The minimum Gasteiger partial charge on any atom is -0.387 e. The van der Waals surface area contributed by atoms with Crippen molar-refractivity contribution in [3.8, 4) is 0 Å². The number of hydrogen-bond acceptors (Lipinski definition) is 4. The zero-order chi connectivity index (χ0) is 10.8. The highest BCUT2D eigenvalue weighted by atomic mass is 79.9. The van der Waals surface area contributed by atoms with E-state index in [1.54, 1.807) is 18.3 Å². The highest BCUT2D eigenvalue weighted by molar-refractivity contribution is 9.10. The maximum atomic E-state index is 10.8. The third kappa shape index (κ3) is 1.99. The van der Waals surface area contributed by atoms with E-state index < -0.39 is 4.92 Å². The van der Waals surface area contributed by atoms with Gasteiger partial charge in [-0.05, 0) is 12.1 Å². The van der Waals surface area contributed by atoms with E-state index in [-0.39, 0.29) is 11.8 Å². The van der Waals surface area contributed by atoms with Crippen molar-refractivity contribution in [3.63, 3.8) is 0 Å². The molecular formula is C9H7BrN2O3. The number of oxime groups is 1. The minimum absolute atomic E-state index is 0.0554. The van der Waals surface area contributed by atoms with Crippen LogP contribution in [0.3, 0.4) is 0 Å². The predicted molar refractivity (Wildman–Crippen MR) is 57.7 cm³/mol. The molecule has 0 amide bonds. The van der Waals surface area contributed by atoms with Gasteiger partial charge in [0.1, 0.15) is 0 Å². The summed E-state index contributed by atoms with van der Waals surface area (Å²) in [5, 5.41) is 14.4. The number of rotatable bonds is 2. The van der Waals surface area contributed by atoms with Gasteiger partial charge in [-0.3, -0.25) is 10.1 Å². The lowest BCUT2D eigenvalue weighted by molar-refractivity contribution is -0.386. The molecule has 0 fully saturated rings. The Kier molecular flexibility index (Phi) is 2.68. The first-order valence-corrected chi connectivity index (χ1v) is 5.09. The van der Waals surface area contributed by atoms with Crippen molar-refractivity contribution in [2.75, 3.05) is 0 Å². The summed E-state index contributed by atoms with van der Waals surface area (Å²) in [7, 11) is 0. The van der Waals surface area contributed by atoms with E-state index in [1.165, 1.54) is 6.07 Å². The summed E-state index contributed by atoms with van der Waals surface area (Å²) in [4.78, 5) is 15.4. The van der Waals surface area contributed by atoms with Crippen molar-refractivity contribution in [3.05, 3.63) is 38.3 Å². The van der Waals surface area contributed by atoms with Crippen molar-refractivity contribution < 1.29 is 9.76 Å². The van der Waals surface area contributed by atoms with Crippen LogP contribution in [-0.4, -0.2) is 11.1 Å². The summed E-state index contributed by atoms with van der Waals surface area (Å²) in [5.41, 5.74) is 0.612. The highest BCUT2D eigenvalue weighted by Crippen LogP contribution is 2.33. The third-order valence-electron chi connectivity index (χ3n) is 2.12. The highest BCUT2D eigenvalue weighted by Gasteiger charge is 2.25. The summed E-state index contributed by atoms with van der Waals surface area (Å²) < 4.78 is 0.678. The lowest BCUT2D eigenvalue weighted by atomic mass is 10.1. The van der Waals surface area contributed by atoms with Crippen LogP contribution in [0.5, 0.6) is 0 Å². The molecule has 0 aliphatic carbocycles. The van der Waals surface area contributed by atoms with Crippen LogP contribution in [0.2, 0.25) is 0 Å². The van der Waals surface area contributed by atoms with Gasteiger partial charge in [0.05, 0.1) is 10.5 Å². The number of nitro groups is 1. The second kappa shape index (κ2) is 3.98. The van der Waals surface area contributed by atoms with E-state index in [1.807, 2.05) is 0 Å². The monoisotopic (exact) mass is 270 g/mol. The molecule has 1 atom stereocenters. The molecule has 0 radical (unpaired) electrons. The normalized spacial score (nSPS) is 18.9. The fourth-order valence-corrected chi connectivity index (χ4v) is 1.78. The Morgan fingerprint density at radius 3 is 3.00 bits per heavy atom. The Labute approximate surface area is 94.0 Å². The van der Waals surface area contributed by atoms with Crippen molar-refractivity contribution in [2.24, 2.45) is 5.16 Å². The molecule has 2 rings (SSSR count). The van der Waals surface area contributed by atoms with Gasteiger partial charge in [-0.25, -0.2) is 0 Å². The van der Waals surface area contributed by atoms with Gasteiger partial charge >= 0.3 is 0 Å². The van der Waals surface area contributed by atoms with Gasteiger partial charge in [0.25, 0.3) is 5.69 Å². The van der Waals surface area contributed by atoms with E-state index in [9.17, 15) is 10.1 Å². The molecule has 1 aromatic carbocycles. The Hall–Kier alpha value is -1.43. The van der Waals surface area contributed by atoms with E-state index in [4.69, 9.17) is 4.84 Å². The smallest absolute Gasteiger partial charge is 0.277 e. The van der Waals surface area contributed by atoms with Crippen LogP contribution in [0.25, 0.3) is 0 Å². The second-order valence-electron chi connectivity index (χ2n) is 3.08. The Bertz CT molecular complexity index is 425. The molecule has 0 aromatic heterocycles. The fraction of sp³-hybridized carbons (Fsp3) is 0.222. The summed E-state index contributed by atoms with van der Waals surface area (Å²) in [6.07, 6.45) is 1.84. The van der Waals surface area contributed by atoms with E-state index >= 15 is 0 Å². The third-order valence-corrected chi connectivity index (χ3v) is 2.61. The first-order valence-electron chi connectivity index (χ1n) is 4.30. The average molecular weight is 271 g/mol. The second-order valence-corrected chi connectivity index (χ2v) is 3.99. The zero-order valence-electron chi connectivity index (χ0n) is 7.59. The van der Waals surface area contributed by atoms with Crippen LogP contribution < -0.4 is 0 Å². The number of halogens is 1. The molecule has 15 heavy (non-hydrogen) atoms. The van der Waals surface area contributed by atoms with Gasteiger partial charge in [0.2, 0.25) is 0 Å². The van der Waals surface area contributed by atoms with Crippen LogP contribution in [0, 0.1) is 10.1 Å². The molecule has 0 spiro atoms. The first-order chi connectivity index (χ1) is 7.18. The van der Waals surface area contributed by atoms with Gasteiger partial charge in [-0.2, -0.15) is 0 Å². The van der Waals surface area contributed by atoms with E-state index in [2.05, 4.69) is 21.1 Å². The largest absolute Gasteiger partial charge is 0.387 e. The minimum atomic E-state index is -0.415. The van der Waals surface area contributed by atoms with Crippen LogP contribution in [0.1, 0.15) is 18.1 Å². The summed E-state index contributed by atoms with van der Waals surface area (Å²) in [6, 6.07) is 4.91. The van der Waals surface area contributed by atoms with Crippen molar-refractivity contribution >= 4 is 27.8 Å². The molecule has 1 heterocycles. The molecule has 1 aliphatic rings. The molecule has 6 heteroatoms. The van der Waals surface area contributed by atoms with Crippen molar-refractivity contribution in [1.82, 2.24) is 0 Å². The van der Waals surface area contributed by atoms with E-state index in [0.717, 1.165) is 0 Å². The van der Waals surface area contributed by atoms with Gasteiger partial charge in [-0.15, -0.1) is 0 Å². The quantitative estimate of drug-likeness (QED) is 0.613. The lowest BCUT2D eigenvalue weighted by Crippen LogP contribution is -2.01. The molecular weight excluding hydrogens is 264 g/mol. The van der Waals surface area contributed by atoms with Gasteiger partial charge in [-0.1, -0.05) is 21.1 Å². The Balaban J connectivity index is 2.41. The topological polar surface area (TPSA) is 64.7 Å². The Morgan fingerprint density at radius 1 is 1.60 bits per heavy atom. The molecule has 0 saturated heterocycles. The lowest BCUT2D eigenvalue weighted by Gasteiger charge is -2.08. The standard InChI is InChI=1S/C9H7BrN2O3/c10-6-1-2-7(8(5-6)12(13)14)9-3-4-11-15-9/h1-2,4-5,9H,3H2. The molecule has 1 aliphatic heterocycles. The summed E-state index contributed by atoms with van der Waals surface area (Å²) in [6.45, 7) is 0. The molecule has 0 bridgehead atoms. The zero-order valence-corrected chi connectivity index (χ0v) is 9.18. The maximum Gasteiger partial charge on any atom is 0.277 e. The van der Waals surface area contributed by atoms with Crippen LogP contribution >= 0.6 is 15.9 Å². The van der Waals surface area contributed by atoms with Crippen molar-refractivity contribution in [1.29, 1.82) is 0 Å².